The first-order valence-electron chi connectivity index (χ1n) is 10.8. The highest BCUT2D eigenvalue weighted by molar-refractivity contribution is 9.10. The van der Waals surface area contributed by atoms with Gasteiger partial charge in [-0.05, 0) is 84.2 Å². The first-order chi connectivity index (χ1) is 15.9. The molecule has 1 aliphatic rings. The fourth-order valence-electron chi connectivity index (χ4n) is 3.85. The van der Waals surface area contributed by atoms with Crippen LogP contribution in [0.25, 0.3) is 6.08 Å². The summed E-state index contributed by atoms with van der Waals surface area (Å²) in [5.74, 6) is 0.290. The van der Waals surface area contributed by atoms with Crippen LogP contribution in [-0.4, -0.2) is 24.8 Å². The lowest BCUT2D eigenvalue weighted by atomic mass is 10.0. The highest BCUT2D eigenvalue weighted by Crippen LogP contribution is 2.38. The van der Waals surface area contributed by atoms with Gasteiger partial charge in [0.15, 0.2) is 5.76 Å². The molecule has 0 amide bonds. The second-order valence-corrected chi connectivity index (χ2v) is 8.54. The minimum Gasteiger partial charge on any atom is -0.452 e. The van der Waals surface area contributed by atoms with Crippen LogP contribution >= 0.6 is 15.9 Å². The third kappa shape index (κ3) is 4.71. The van der Waals surface area contributed by atoms with E-state index in [0.717, 1.165) is 24.3 Å². The number of benzene rings is 3. The largest absolute Gasteiger partial charge is 0.452 e. The molecule has 0 unspecified atom stereocenters. The SMILES string of the molecule is CCN(CC)c1ccc(/C=C2\Oc3cc(OC(=O)c4ccccc4Br)cc(C)c3C2=O)cc1. The molecule has 1 aliphatic heterocycles. The fourth-order valence-corrected chi connectivity index (χ4v) is 4.29. The molecule has 4 rings (SSSR count). The normalized spacial score (nSPS) is 13.6. The number of fused-ring (bicyclic) bond motifs is 1. The number of carbonyl (C=O) groups excluding carboxylic acids is 2. The minimum absolute atomic E-state index is 0.181. The molecule has 0 saturated heterocycles. The molecule has 5 nitrogen and oxygen atoms in total. The molecule has 0 atom stereocenters. The number of anilines is 1. The number of aryl methyl sites for hydroxylation is 1. The number of carbonyl (C=O) groups is 2. The van der Waals surface area contributed by atoms with E-state index in [4.69, 9.17) is 9.47 Å². The molecule has 1 heterocycles. The Labute approximate surface area is 201 Å². The Hall–Kier alpha value is -3.38. The van der Waals surface area contributed by atoms with Gasteiger partial charge < -0.3 is 14.4 Å². The number of halogens is 1. The lowest BCUT2D eigenvalue weighted by Gasteiger charge is -2.20. The highest BCUT2D eigenvalue weighted by Gasteiger charge is 2.30. The Morgan fingerprint density at radius 1 is 1.06 bits per heavy atom. The number of hydrogen-bond acceptors (Lipinski definition) is 5. The first-order valence-corrected chi connectivity index (χ1v) is 11.6. The molecular weight excluding hydrogens is 482 g/mol. The average molecular weight is 506 g/mol. The Kier molecular flexibility index (Phi) is 6.65. The predicted molar refractivity (Wildman–Crippen MR) is 133 cm³/mol. The van der Waals surface area contributed by atoms with E-state index < -0.39 is 5.97 Å². The average Bonchev–Trinajstić information content (AvgIpc) is 3.11. The van der Waals surface area contributed by atoms with Gasteiger partial charge in [0, 0.05) is 29.3 Å². The van der Waals surface area contributed by atoms with Crippen molar-refractivity contribution in [1.82, 2.24) is 0 Å². The highest BCUT2D eigenvalue weighted by atomic mass is 79.9. The number of esters is 1. The maximum atomic E-state index is 13.0. The van der Waals surface area contributed by atoms with Crippen LogP contribution in [0.15, 0.2) is 70.9 Å². The van der Waals surface area contributed by atoms with Crippen molar-refractivity contribution in [3.63, 3.8) is 0 Å². The number of Topliss-reactive ketones (excluding diaryl/α,β-unsaturated/α-hetero) is 1. The van der Waals surface area contributed by atoms with Gasteiger partial charge in [0.1, 0.15) is 11.5 Å². The summed E-state index contributed by atoms with van der Waals surface area (Å²) >= 11 is 3.36. The number of ketones is 1. The van der Waals surface area contributed by atoms with Gasteiger partial charge in [-0.3, -0.25) is 4.79 Å². The van der Waals surface area contributed by atoms with Crippen molar-refractivity contribution in [3.8, 4) is 11.5 Å². The van der Waals surface area contributed by atoms with E-state index in [2.05, 4.69) is 34.7 Å². The van der Waals surface area contributed by atoms with E-state index in [0.29, 0.717) is 32.7 Å². The molecule has 0 spiro atoms. The molecule has 0 aromatic heterocycles. The zero-order valence-electron chi connectivity index (χ0n) is 18.7. The molecule has 0 aliphatic carbocycles. The lowest BCUT2D eigenvalue weighted by molar-refractivity contribution is 0.0733. The molecule has 0 fully saturated rings. The van der Waals surface area contributed by atoms with Crippen molar-refractivity contribution in [1.29, 1.82) is 0 Å². The van der Waals surface area contributed by atoms with Gasteiger partial charge in [-0.1, -0.05) is 24.3 Å². The van der Waals surface area contributed by atoms with Crippen LogP contribution in [0.4, 0.5) is 5.69 Å². The van der Waals surface area contributed by atoms with Crippen LogP contribution in [0.1, 0.15) is 45.7 Å². The lowest BCUT2D eigenvalue weighted by Crippen LogP contribution is -2.21. The van der Waals surface area contributed by atoms with E-state index in [9.17, 15) is 9.59 Å². The Morgan fingerprint density at radius 2 is 1.76 bits per heavy atom. The molecule has 3 aromatic carbocycles. The summed E-state index contributed by atoms with van der Waals surface area (Å²) < 4.78 is 12.1. The fraction of sp³-hybridized carbons (Fsp3) is 0.185. The first kappa shape index (κ1) is 22.8. The summed E-state index contributed by atoms with van der Waals surface area (Å²) in [5.41, 5.74) is 3.60. The summed E-state index contributed by atoms with van der Waals surface area (Å²) in [6, 6.07) is 18.3. The van der Waals surface area contributed by atoms with Crippen molar-refractivity contribution >= 4 is 39.4 Å². The van der Waals surface area contributed by atoms with Gasteiger partial charge >= 0.3 is 5.97 Å². The smallest absolute Gasteiger partial charge is 0.344 e. The van der Waals surface area contributed by atoms with Crippen LogP contribution in [0.3, 0.4) is 0 Å². The van der Waals surface area contributed by atoms with E-state index in [1.54, 1.807) is 43.3 Å². The van der Waals surface area contributed by atoms with Gasteiger partial charge in [0.25, 0.3) is 0 Å². The number of ether oxygens (including phenoxy) is 2. The topological polar surface area (TPSA) is 55.8 Å². The molecule has 33 heavy (non-hydrogen) atoms. The Balaban J connectivity index is 1.56. The van der Waals surface area contributed by atoms with Crippen LogP contribution in [0.2, 0.25) is 0 Å². The van der Waals surface area contributed by atoms with E-state index in [-0.39, 0.29) is 11.5 Å². The molecule has 0 bridgehead atoms. The summed E-state index contributed by atoms with van der Waals surface area (Å²) in [4.78, 5) is 27.8. The molecule has 0 radical (unpaired) electrons. The van der Waals surface area contributed by atoms with Gasteiger partial charge in [-0.2, -0.15) is 0 Å². The third-order valence-corrected chi connectivity index (χ3v) is 6.26. The third-order valence-electron chi connectivity index (χ3n) is 5.57. The van der Waals surface area contributed by atoms with E-state index >= 15 is 0 Å². The molecule has 168 valence electrons. The zero-order valence-corrected chi connectivity index (χ0v) is 20.3. The van der Waals surface area contributed by atoms with Crippen molar-refractivity contribution in [2.45, 2.75) is 20.8 Å². The van der Waals surface area contributed by atoms with Crippen molar-refractivity contribution in [2.75, 3.05) is 18.0 Å². The molecular formula is C27H24BrNO4. The van der Waals surface area contributed by atoms with Crippen LogP contribution < -0.4 is 14.4 Å². The van der Waals surface area contributed by atoms with Crippen LogP contribution in [0, 0.1) is 6.92 Å². The van der Waals surface area contributed by atoms with Crippen molar-refractivity contribution < 1.29 is 19.1 Å². The summed E-state index contributed by atoms with van der Waals surface area (Å²) in [5, 5.41) is 0. The summed E-state index contributed by atoms with van der Waals surface area (Å²) in [6.07, 6.45) is 1.74. The minimum atomic E-state index is -0.491. The monoisotopic (exact) mass is 505 g/mol. The van der Waals surface area contributed by atoms with Crippen molar-refractivity contribution in [2.24, 2.45) is 0 Å². The zero-order chi connectivity index (χ0) is 23.5. The second kappa shape index (κ2) is 9.63. The molecule has 3 aromatic rings. The predicted octanol–water partition coefficient (Wildman–Crippen LogP) is 6.44. The summed E-state index contributed by atoms with van der Waals surface area (Å²) in [7, 11) is 0. The Bertz CT molecular complexity index is 1240. The number of allylic oxidation sites excluding steroid dienone is 1. The molecule has 0 N–H and O–H groups in total. The van der Waals surface area contributed by atoms with Gasteiger partial charge in [-0.25, -0.2) is 4.79 Å². The number of hydrogen-bond donors (Lipinski definition) is 0. The van der Waals surface area contributed by atoms with Gasteiger partial charge in [-0.15, -0.1) is 0 Å². The standard InChI is InChI=1S/C27H24BrNO4/c1-4-29(5-2)19-12-10-18(11-13-19)15-24-26(30)25-17(3)14-20(16-23(25)33-24)32-27(31)21-8-6-7-9-22(21)28/h6-16H,4-5H2,1-3H3/b24-15-. The van der Waals surface area contributed by atoms with Gasteiger partial charge in [0.2, 0.25) is 5.78 Å². The van der Waals surface area contributed by atoms with E-state index in [1.165, 1.54) is 0 Å². The number of rotatable bonds is 6. The van der Waals surface area contributed by atoms with Crippen LogP contribution in [0.5, 0.6) is 11.5 Å². The summed E-state index contributed by atoms with van der Waals surface area (Å²) in [6.45, 7) is 7.91. The molecule has 0 saturated carbocycles. The quantitative estimate of drug-likeness (QED) is 0.219. The van der Waals surface area contributed by atoms with Crippen molar-refractivity contribution in [3.05, 3.63) is 93.1 Å². The van der Waals surface area contributed by atoms with Gasteiger partial charge in [0.05, 0.1) is 11.1 Å². The second-order valence-electron chi connectivity index (χ2n) is 7.69. The maximum Gasteiger partial charge on any atom is 0.344 e. The van der Waals surface area contributed by atoms with Crippen LogP contribution in [-0.2, 0) is 0 Å². The number of nitrogens with zero attached hydrogens (tertiary/aromatic N) is 1. The molecule has 6 heteroatoms. The Morgan fingerprint density at radius 3 is 2.42 bits per heavy atom. The van der Waals surface area contributed by atoms with E-state index in [1.807, 2.05) is 30.3 Å². The maximum absolute atomic E-state index is 13.0.